The highest BCUT2D eigenvalue weighted by Gasteiger charge is 2.20. The molecule has 0 spiro atoms. The van der Waals surface area contributed by atoms with Gasteiger partial charge in [0.1, 0.15) is 0 Å². The number of thioether (sulfide) groups is 1. The number of fused-ring (bicyclic) bond motifs is 1. The van der Waals surface area contributed by atoms with Gasteiger partial charge >= 0.3 is 0 Å². The van der Waals surface area contributed by atoms with Crippen molar-refractivity contribution in [2.75, 3.05) is 5.75 Å². The number of rotatable bonds is 3. The molecule has 1 aliphatic heterocycles. The Labute approximate surface area is 131 Å². The standard InChI is InChI=1S/C14H13Cl2NS2/c15-9-1-2-14-12(6-9)13(3-4-18-14)17-7-11-5-10(16)8-19-11/h1-2,5-6,8,13,17H,3-4,7H2. The lowest BCUT2D eigenvalue weighted by Crippen LogP contribution is -2.23. The zero-order valence-corrected chi connectivity index (χ0v) is 13.3. The molecule has 1 nitrogen and oxygen atoms in total. The van der Waals surface area contributed by atoms with Crippen molar-refractivity contribution >= 4 is 46.3 Å². The number of nitrogens with one attached hydrogen (secondary N) is 1. The lowest BCUT2D eigenvalue weighted by atomic mass is 10.0. The van der Waals surface area contributed by atoms with E-state index in [1.165, 1.54) is 15.3 Å². The minimum Gasteiger partial charge on any atom is -0.305 e. The number of halogens is 2. The van der Waals surface area contributed by atoms with Crippen molar-refractivity contribution in [1.82, 2.24) is 5.32 Å². The Balaban J connectivity index is 1.74. The molecule has 0 saturated heterocycles. The van der Waals surface area contributed by atoms with E-state index in [2.05, 4.69) is 17.4 Å². The Bertz CT molecular complexity index is 583. The van der Waals surface area contributed by atoms with Gasteiger partial charge in [-0.15, -0.1) is 23.1 Å². The summed E-state index contributed by atoms with van der Waals surface area (Å²) < 4.78 is 0. The summed E-state index contributed by atoms with van der Waals surface area (Å²) in [5, 5.41) is 7.22. The molecule has 1 aromatic carbocycles. The highest BCUT2D eigenvalue weighted by atomic mass is 35.5. The van der Waals surface area contributed by atoms with Gasteiger partial charge in [-0.05, 0) is 42.0 Å². The normalized spacial score (nSPS) is 18.3. The van der Waals surface area contributed by atoms with Gasteiger partial charge in [-0.2, -0.15) is 0 Å². The Morgan fingerprint density at radius 1 is 1.21 bits per heavy atom. The zero-order chi connectivity index (χ0) is 13.2. The molecular formula is C14H13Cl2NS2. The van der Waals surface area contributed by atoms with Gasteiger partial charge in [-0.3, -0.25) is 0 Å². The van der Waals surface area contributed by atoms with E-state index in [1.807, 2.05) is 29.3 Å². The van der Waals surface area contributed by atoms with Gasteiger partial charge in [0, 0.05) is 32.8 Å². The van der Waals surface area contributed by atoms with Crippen LogP contribution in [0.5, 0.6) is 0 Å². The molecule has 0 saturated carbocycles. The van der Waals surface area contributed by atoms with E-state index in [1.54, 1.807) is 11.3 Å². The lowest BCUT2D eigenvalue weighted by Gasteiger charge is -2.26. The van der Waals surface area contributed by atoms with Crippen molar-refractivity contribution in [1.29, 1.82) is 0 Å². The van der Waals surface area contributed by atoms with E-state index in [4.69, 9.17) is 23.2 Å². The summed E-state index contributed by atoms with van der Waals surface area (Å²) in [5.74, 6) is 1.15. The summed E-state index contributed by atoms with van der Waals surface area (Å²) >= 11 is 15.7. The first kappa shape index (κ1) is 13.8. The van der Waals surface area contributed by atoms with Crippen LogP contribution >= 0.6 is 46.3 Å². The summed E-state index contributed by atoms with van der Waals surface area (Å²) in [6, 6.07) is 8.58. The first-order chi connectivity index (χ1) is 9.22. The Hall–Kier alpha value is -0.190. The van der Waals surface area contributed by atoms with Crippen molar-refractivity contribution < 1.29 is 0 Å². The van der Waals surface area contributed by atoms with Gasteiger partial charge in [0.05, 0.1) is 5.02 Å². The smallest absolute Gasteiger partial charge is 0.0516 e. The van der Waals surface area contributed by atoms with Crippen LogP contribution in [-0.4, -0.2) is 5.75 Å². The van der Waals surface area contributed by atoms with Gasteiger partial charge in [-0.1, -0.05) is 23.2 Å². The molecule has 0 amide bonds. The summed E-state index contributed by atoms with van der Waals surface area (Å²) in [7, 11) is 0. The molecule has 100 valence electrons. The molecule has 19 heavy (non-hydrogen) atoms. The lowest BCUT2D eigenvalue weighted by molar-refractivity contribution is 0.513. The Morgan fingerprint density at radius 3 is 2.89 bits per heavy atom. The molecule has 5 heteroatoms. The predicted octanol–water partition coefficient (Wildman–Crippen LogP) is 5.38. The molecule has 2 aromatic rings. The number of hydrogen-bond donors (Lipinski definition) is 1. The van der Waals surface area contributed by atoms with Crippen LogP contribution in [0.1, 0.15) is 22.9 Å². The number of hydrogen-bond acceptors (Lipinski definition) is 3. The van der Waals surface area contributed by atoms with E-state index in [9.17, 15) is 0 Å². The SMILES string of the molecule is Clc1csc(CNC2CCSc3ccc(Cl)cc32)c1. The minimum absolute atomic E-state index is 0.385. The van der Waals surface area contributed by atoms with Crippen molar-refractivity contribution in [2.45, 2.75) is 23.9 Å². The molecule has 3 rings (SSSR count). The van der Waals surface area contributed by atoms with Crippen LogP contribution in [0, 0.1) is 0 Å². The number of thiophene rings is 1. The van der Waals surface area contributed by atoms with Crippen LogP contribution in [0.25, 0.3) is 0 Å². The van der Waals surface area contributed by atoms with Gasteiger partial charge in [0.25, 0.3) is 0 Å². The molecule has 1 aliphatic rings. The van der Waals surface area contributed by atoms with Crippen molar-refractivity contribution in [3.63, 3.8) is 0 Å². The maximum Gasteiger partial charge on any atom is 0.0516 e. The topological polar surface area (TPSA) is 12.0 Å². The van der Waals surface area contributed by atoms with E-state index < -0.39 is 0 Å². The van der Waals surface area contributed by atoms with E-state index in [0.29, 0.717) is 6.04 Å². The van der Waals surface area contributed by atoms with E-state index in [0.717, 1.165) is 28.8 Å². The molecule has 1 N–H and O–H groups in total. The monoisotopic (exact) mass is 329 g/mol. The average Bonchev–Trinajstić information content (AvgIpc) is 2.82. The quantitative estimate of drug-likeness (QED) is 0.811. The van der Waals surface area contributed by atoms with Crippen LogP contribution in [0.15, 0.2) is 34.5 Å². The maximum absolute atomic E-state index is 6.11. The Morgan fingerprint density at radius 2 is 2.11 bits per heavy atom. The molecule has 0 radical (unpaired) electrons. The van der Waals surface area contributed by atoms with Crippen LogP contribution in [0.3, 0.4) is 0 Å². The van der Waals surface area contributed by atoms with Crippen LogP contribution in [0.2, 0.25) is 10.0 Å². The van der Waals surface area contributed by atoms with E-state index in [-0.39, 0.29) is 0 Å². The predicted molar refractivity (Wildman–Crippen MR) is 85.7 cm³/mol. The van der Waals surface area contributed by atoms with Gasteiger partial charge in [0.15, 0.2) is 0 Å². The molecule has 1 atom stereocenters. The molecule has 1 unspecified atom stereocenters. The fourth-order valence-corrected chi connectivity index (χ4v) is 4.56. The van der Waals surface area contributed by atoms with Crippen molar-refractivity contribution in [3.8, 4) is 0 Å². The highest BCUT2D eigenvalue weighted by Crippen LogP contribution is 2.37. The van der Waals surface area contributed by atoms with Gasteiger partial charge in [0.2, 0.25) is 0 Å². The molecular weight excluding hydrogens is 317 g/mol. The summed E-state index contributed by atoms with van der Waals surface area (Å²) in [6.45, 7) is 0.860. The minimum atomic E-state index is 0.385. The molecule has 0 aliphatic carbocycles. The third-order valence-electron chi connectivity index (χ3n) is 3.16. The largest absolute Gasteiger partial charge is 0.305 e. The number of benzene rings is 1. The Kier molecular flexibility index (Phi) is 4.40. The third-order valence-corrected chi connectivity index (χ3v) is 5.80. The summed E-state index contributed by atoms with van der Waals surface area (Å²) in [4.78, 5) is 2.61. The summed E-state index contributed by atoms with van der Waals surface area (Å²) in [5.41, 5.74) is 1.33. The first-order valence-electron chi connectivity index (χ1n) is 6.11. The fraction of sp³-hybridized carbons (Fsp3) is 0.286. The van der Waals surface area contributed by atoms with Crippen LogP contribution in [0.4, 0.5) is 0 Å². The third kappa shape index (κ3) is 3.29. The van der Waals surface area contributed by atoms with Gasteiger partial charge < -0.3 is 5.32 Å². The zero-order valence-electron chi connectivity index (χ0n) is 10.2. The molecule has 0 fully saturated rings. The highest BCUT2D eigenvalue weighted by molar-refractivity contribution is 7.99. The van der Waals surface area contributed by atoms with Gasteiger partial charge in [-0.25, -0.2) is 0 Å². The summed E-state index contributed by atoms with van der Waals surface area (Å²) in [6.07, 6.45) is 1.14. The second-order valence-electron chi connectivity index (χ2n) is 4.48. The van der Waals surface area contributed by atoms with Crippen molar-refractivity contribution in [2.24, 2.45) is 0 Å². The molecule has 0 bridgehead atoms. The van der Waals surface area contributed by atoms with Crippen LogP contribution in [-0.2, 0) is 6.54 Å². The fourth-order valence-electron chi connectivity index (χ4n) is 2.25. The average molecular weight is 330 g/mol. The molecule has 1 aromatic heterocycles. The maximum atomic E-state index is 6.11. The van der Waals surface area contributed by atoms with Crippen LogP contribution < -0.4 is 5.32 Å². The van der Waals surface area contributed by atoms with E-state index >= 15 is 0 Å². The molecule has 2 heterocycles. The second-order valence-corrected chi connectivity index (χ2v) is 7.49. The van der Waals surface area contributed by atoms with Crippen molar-refractivity contribution in [3.05, 3.63) is 50.1 Å². The first-order valence-corrected chi connectivity index (χ1v) is 8.73. The second kappa shape index (κ2) is 6.06.